The highest BCUT2D eigenvalue weighted by Crippen LogP contribution is 2.27. The molecule has 3 aromatic rings. The van der Waals surface area contributed by atoms with Gasteiger partial charge in [0.2, 0.25) is 5.95 Å². The molecule has 1 fully saturated rings. The maximum Gasteiger partial charge on any atom is 0.260 e. The van der Waals surface area contributed by atoms with Crippen molar-refractivity contribution in [3.05, 3.63) is 71.6 Å². The molecule has 0 unspecified atom stereocenters. The fraction of sp³-hybridized carbons (Fsp3) is 0.333. The normalized spacial score (nSPS) is 14.3. The van der Waals surface area contributed by atoms with Crippen molar-refractivity contribution in [2.45, 2.75) is 32.6 Å². The first-order valence-corrected chi connectivity index (χ1v) is 10.7. The van der Waals surface area contributed by atoms with E-state index in [1.165, 1.54) is 24.3 Å². The second-order valence-electron chi connectivity index (χ2n) is 7.97. The summed E-state index contributed by atoms with van der Waals surface area (Å²) in [7, 11) is 0. The zero-order valence-corrected chi connectivity index (χ0v) is 18.2. The molecule has 1 aromatic carbocycles. The minimum absolute atomic E-state index is 0.0462. The Morgan fingerprint density at radius 3 is 2.41 bits per heavy atom. The minimum Gasteiger partial charge on any atom is -0.484 e. The molecule has 7 nitrogen and oxygen atoms in total. The smallest absolute Gasteiger partial charge is 0.260 e. The number of aromatic nitrogens is 3. The Morgan fingerprint density at radius 2 is 1.78 bits per heavy atom. The highest BCUT2D eigenvalue weighted by Gasteiger charge is 2.24. The van der Waals surface area contributed by atoms with Gasteiger partial charge in [0.25, 0.3) is 5.91 Å². The first kappa shape index (κ1) is 21.7. The SMILES string of the molecule is Cc1cc(C)nc(Nc2ccc(C3CCN(C(=O)COc4ccc(F)cc4)CC3)nc2)n1. The van der Waals surface area contributed by atoms with Gasteiger partial charge in [-0.15, -0.1) is 0 Å². The predicted octanol–water partition coefficient (Wildman–Crippen LogP) is 4.16. The van der Waals surface area contributed by atoms with Gasteiger partial charge in [-0.25, -0.2) is 14.4 Å². The Kier molecular flexibility index (Phi) is 6.58. The lowest BCUT2D eigenvalue weighted by Crippen LogP contribution is -2.40. The van der Waals surface area contributed by atoms with E-state index in [1.807, 2.05) is 36.9 Å². The van der Waals surface area contributed by atoms with Crippen molar-refractivity contribution in [3.63, 3.8) is 0 Å². The monoisotopic (exact) mass is 435 g/mol. The Balaban J connectivity index is 1.27. The number of hydrogen-bond acceptors (Lipinski definition) is 6. The molecule has 0 saturated carbocycles. The zero-order valence-electron chi connectivity index (χ0n) is 18.2. The van der Waals surface area contributed by atoms with Gasteiger partial charge in [0, 0.05) is 36.1 Å². The lowest BCUT2D eigenvalue weighted by atomic mass is 9.93. The van der Waals surface area contributed by atoms with Crippen LogP contribution in [-0.4, -0.2) is 45.5 Å². The summed E-state index contributed by atoms with van der Waals surface area (Å²) < 4.78 is 18.4. The molecule has 1 aliphatic rings. The van der Waals surface area contributed by atoms with E-state index < -0.39 is 0 Å². The summed E-state index contributed by atoms with van der Waals surface area (Å²) in [5.74, 6) is 0.963. The van der Waals surface area contributed by atoms with Gasteiger partial charge in [-0.1, -0.05) is 0 Å². The predicted molar refractivity (Wildman–Crippen MR) is 119 cm³/mol. The quantitative estimate of drug-likeness (QED) is 0.626. The van der Waals surface area contributed by atoms with Crippen LogP contribution in [0.1, 0.15) is 35.8 Å². The van der Waals surface area contributed by atoms with E-state index in [9.17, 15) is 9.18 Å². The van der Waals surface area contributed by atoms with Crippen molar-refractivity contribution in [2.75, 3.05) is 25.0 Å². The van der Waals surface area contributed by atoms with Crippen LogP contribution < -0.4 is 10.1 Å². The van der Waals surface area contributed by atoms with E-state index in [2.05, 4.69) is 20.3 Å². The van der Waals surface area contributed by atoms with Crippen LogP contribution in [-0.2, 0) is 4.79 Å². The highest BCUT2D eigenvalue weighted by atomic mass is 19.1. The van der Waals surface area contributed by atoms with Crippen molar-refractivity contribution in [1.82, 2.24) is 19.9 Å². The minimum atomic E-state index is -0.332. The molecular formula is C24H26FN5O2. The molecule has 8 heteroatoms. The van der Waals surface area contributed by atoms with Gasteiger partial charge in [-0.05, 0) is 69.2 Å². The van der Waals surface area contributed by atoms with E-state index in [0.29, 0.717) is 30.7 Å². The third-order valence-electron chi connectivity index (χ3n) is 5.47. The Bertz CT molecular complexity index is 1040. The lowest BCUT2D eigenvalue weighted by Gasteiger charge is -2.31. The second kappa shape index (κ2) is 9.72. The van der Waals surface area contributed by atoms with E-state index in [-0.39, 0.29) is 18.3 Å². The maximum atomic E-state index is 13.0. The molecule has 32 heavy (non-hydrogen) atoms. The Hall–Kier alpha value is -3.55. The van der Waals surface area contributed by atoms with Crippen molar-refractivity contribution >= 4 is 17.5 Å². The molecule has 1 aliphatic heterocycles. The van der Waals surface area contributed by atoms with Crippen LogP contribution in [0.4, 0.5) is 16.0 Å². The molecule has 1 N–H and O–H groups in total. The Labute approximate surface area is 186 Å². The van der Waals surface area contributed by atoms with Gasteiger partial charge in [0.05, 0.1) is 11.9 Å². The first-order valence-electron chi connectivity index (χ1n) is 10.7. The van der Waals surface area contributed by atoms with E-state index in [0.717, 1.165) is 35.6 Å². The molecule has 0 bridgehead atoms. The number of likely N-dealkylation sites (tertiary alicyclic amines) is 1. The first-order chi connectivity index (χ1) is 15.5. The molecule has 0 spiro atoms. The standard InChI is InChI=1S/C24H26FN5O2/c1-16-13-17(2)28-24(27-16)29-20-5-8-22(26-14-20)18-9-11-30(12-10-18)23(31)15-32-21-6-3-19(25)4-7-21/h3-8,13-14,18H,9-12,15H2,1-2H3,(H,27,28,29). The van der Waals surface area contributed by atoms with Crippen molar-refractivity contribution in [3.8, 4) is 5.75 Å². The number of amides is 1. The highest BCUT2D eigenvalue weighted by molar-refractivity contribution is 5.77. The van der Waals surface area contributed by atoms with Crippen molar-refractivity contribution < 1.29 is 13.9 Å². The molecule has 0 radical (unpaired) electrons. The van der Waals surface area contributed by atoms with E-state index in [4.69, 9.17) is 4.74 Å². The van der Waals surface area contributed by atoms with Crippen molar-refractivity contribution in [1.29, 1.82) is 0 Å². The summed E-state index contributed by atoms with van der Waals surface area (Å²) >= 11 is 0. The summed E-state index contributed by atoms with van der Waals surface area (Å²) in [5, 5.41) is 3.20. The number of anilines is 2. The molecule has 166 valence electrons. The van der Waals surface area contributed by atoms with Crippen LogP contribution in [0.25, 0.3) is 0 Å². The Morgan fingerprint density at radius 1 is 1.09 bits per heavy atom. The number of halogens is 1. The van der Waals surface area contributed by atoms with E-state index >= 15 is 0 Å². The number of carbonyl (C=O) groups excluding carboxylic acids is 1. The number of pyridine rings is 1. The van der Waals surface area contributed by atoms with Crippen molar-refractivity contribution in [2.24, 2.45) is 0 Å². The zero-order chi connectivity index (χ0) is 22.5. The molecule has 0 aliphatic carbocycles. The van der Waals surface area contributed by atoms with Crippen LogP contribution in [0.15, 0.2) is 48.7 Å². The third-order valence-corrected chi connectivity index (χ3v) is 5.47. The van der Waals surface area contributed by atoms with Crippen LogP contribution in [0.3, 0.4) is 0 Å². The summed E-state index contributed by atoms with van der Waals surface area (Å²) in [6.45, 7) is 5.15. The van der Waals surface area contributed by atoms with Crippen LogP contribution >= 0.6 is 0 Å². The summed E-state index contributed by atoms with van der Waals surface area (Å²) in [6, 6.07) is 11.6. The number of rotatable bonds is 6. The number of carbonyl (C=O) groups is 1. The number of ether oxygens (including phenoxy) is 1. The van der Waals surface area contributed by atoms with Gasteiger partial charge in [0.15, 0.2) is 6.61 Å². The maximum absolute atomic E-state index is 13.0. The summed E-state index contributed by atoms with van der Waals surface area (Å²) in [5.41, 5.74) is 3.68. The molecule has 2 aromatic heterocycles. The molecule has 3 heterocycles. The lowest BCUT2D eigenvalue weighted by molar-refractivity contribution is -0.134. The van der Waals surface area contributed by atoms with Crippen LogP contribution in [0, 0.1) is 19.7 Å². The average molecular weight is 436 g/mol. The van der Waals surface area contributed by atoms with Crippen LogP contribution in [0.5, 0.6) is 5.75 Å². The largest absolute Gasteiger partial charge is 0.484 e. The number of benzene rings is 1. The number of aryl methyl sites for hydroxylation is 2. The topological polar surface area (TPSA) is 80.2 Å². The van der Waals surface area contributed by atoms with Gasteiger partial charge in [-0.3, -0.25) is 9.78 Å². The third kappa shape index (κ3) is 5.57. The van der Waals surface area contributed by atoms with E-state index in [1.54, 1.807) is 6.20 Å². The molecule has 0 atom stereocenters. The van der Waals surface area contributed by atoms with Crippen LogP contribution in [0.2, 0.25) is 0 Å². The number of nitrogens with zero attached hydrogens (tertiary/aromatic N) is 4. The van der Waals surface area contributed by atoms with Gasteiger partial charge in [0.1, 0.15) is 11.6 Å². The van der Waals surface area contributed by atoms with Gasteiger partial charge < -0.3 is 15.0 Å². The average Bonchev–Trinajstić information content (AvgIpc) is 2.78. The molecule has 1 amide bonds. The fourth-order valence-corrected chi connectivity index (χ4v) is 3.82. The number of nitrogens with one attached hydrogen (secondary N) is 1. The molecule has 4 rings (SSSR count). The molecule has 1 saturated heterocycles. The fourth-order valence-electron chi connectivity index (χ4n) is 3.82. The number of piperidine rings is 1. The second-order valence-corrected chi connectivity index (χ2v) is 7.97. The summed E-state index contributed by atoms with van der Waals surface area (Å²) in [4.78, 5) is 27.7. The number of hydrogen-bond donors (Lipinski definition) is 1. The van der Waals surface area contributed by atoms with Gasteiger partial charge in [-0.2, -0.15) is 0 Å². The van der Waals surface area contributed by atoms with Gasteiger partial charge >= 0.3 is 0 Å². The summed E-state index contributed by atoms with van der Waals surface area (Å²) in [6.07, 6.45) is 3.49. The molecular weight excluding hydrogens is 409 g/mol.